The van der Waals surface area contributed by atoms with Crippen molar-refractivity contribution in [2.24, 2.45) is 0 Å². The van der Waals surface area contributed by atoms with Crippen LogP contribution in [0.15, 0.2) is 65.7 Å². The first-order valence-electron chi connectivity index (χ1n) is 8.54. The molecule has 0 fully saturated rings. The van der Waals surface area contributed by atoms with Crippen LogP contribution in [0.25, 0.3) is 11.1 Å². The van der Waals surface area contributed by atoms with E-state index in [4.69, 9.17) is 0 Å². The van der Waals surface area contributed by atoms with Gasteiger partial charge in [-0.25, -0.2) is 4.98 Å². The highest BCUT2D eigenvalue weighted by atomic mass is 32.2. The molecule has 0 saturated heterocycles. The molecule has 5 heteroatoms. The van der Waals surface area contributed by atoms with Gasteiger partial charge in [-0.2, -0.15) is 5.26 Å². The number of nitriles is 1. The molecule has 134 valence electrons. The predicted molar refractivity (Wildman–Crippen MR) is 110 cm³/mol. The second kappa shape index (κ2) is 8.52. The maximum absolute atomic E-state index is 12.5. The van der Waals surface area contributed by atoms with Crippen molar-refractivity contribution in [1.82, 2.24) is 4.98 Å². The molecule has 0 unspecified atom stereocenters. The highest BCUT2D eigenvalue weighted by Crippen LogP contribution is 2.28. The smallest absolute Gasteiger partial charge is 0.234 e. The van der Waals surface area contributed by atoms with Crippen molar-refractivity contribution in [2.75, 3.05) is 11.1 Å². The van der Waals surface area contributed by atoms with Gasteiger partial charge in [-0.1, -0.05) is 60.3 Å². The lowest BCUT2D eigenvalue weighted by Crippen LogP contribution is -2.15. The molecule has 0 bridgehead atoms. The number of hydrogen-bond donors (Lipinski definition) is 1. The number of carbonyl (C=O) groups is 1. The van der Waals surface area contributed by atoms with E-state index in [0.717, 1.165) is 28.1 Å². The summed E-state index contributed by atoms with van der Waals surface area (Å²) < 4.78 is 0. The number of carbonyl (C=O) groups excluding carboxylic acids is 1. The Bertz CT molecular complexity index is 1010. The van der Waals surface area contributed by atoms with Crippen molar-refractivity contribution in [3.63, 3.8) is 0 Å². The Morgan fingerprint density at radius 1 is 1.11 bits per heavy atom. The van der Waals surface area contributed by atoms with Crippen molar-refractivity contribution in [2.45, 2.75) is 18.9 Å². The number of aromatic nitrogens is 1. The number of hydrogen-bond acceptors (Lipinski definition) is 4. The van der Waals surface area contributed by atoms with Crippen LogP contribution in [0.5, 0.6) is 0 Å². The SMILES string of the molecule is Cc1cc(C)c(C#N)c(SCC(=O)Nc2ccccc2-c2ccccc2)n1. The summed E-state index contributed by atoms with van der Waals surface area (Å²) >= 11 is 1.28. The summed E-state index contributed by atoms with van der Waals surface area (Å²) in [5.41, 5.74) is 5.03. The fraction of sp³-hybridized carbons (Fsp3) is 0.136. The van der Waals surface area contributed by atoms with E-state index in [1.54, 1.807) is 0 Å². The molecule has 0 radical (unpaired) electrons. The average molecular weight is 373 g/mol. The van der Waals surface area contributed by atoms with Gasteiger partial charge in [0.05, 0.1) is 11.3 Å². The molecular formula is C22H19N3OS. The lowest BCUT2D eigenvalue weighted by Gasteiger charge is -2.12. The zero-order valence-electron chi connectivity index (χ0n) is 15.2. The molecule has 0 aliphatic rings. The summed E-state index contributed by atoms with van der Waals surface area (Å²) in [7, 11) is 0. The summed E-state index contributed by atoms with van der Waals surface area (Å²) in [6, 6.07) is 21.7. The number of rotatable bonds is 5. The first-order valence-corrected chi connectivity index (χ1v) is 9.52. The fourth-order valence-corrected chi connectivity index (χ4v) is 3.72. The van der Waals surface area contributed by atoms with Gasteiger partial charge < -0.3 is 5.32 Å². The summed E-state index contributed by atoms with van der Waals surface area (Å²) in [5.74, 6) is 0.0569. The van der Waals surface area contributed by atoms with Crippen LogP contribution in [0, 0.1) is 25.2 Å². The minimum atomic E-state index is -0.131. The zero-order chi connectivity index (χ0) is 19.2. The number of anilines is 1. The van der Waals surface area contributed by atoms with Crippen molar-refractivity contribution in [3.05, 3.63) is 77.5 Å². The Hall–Kier alpha value is -3.10. The summed E-state index contributed by atoms with van der Waals surface area (Å²) in [4.78, 5) is 16.9. The van der Waals surface area contributed by atoms with E-state index in [9.17, 15) is 10.1 Å². The van der Waals surface area contributed by atoms with Crippen LogP contribution in [0.4, 0.5) is 5.69 Å². The quantitative estimate of drug-likeness (QED) is 0.641. The maximum Gasteiger partial charge on any atom is 0.234 e. The van der Waals surface area contributed by atoms with Crippen LogP contribution in [0.1, 0.15) is 16.8 Å². The third-order valence-electron chi connectivity index (χ3n) is 4.05. The lowest BCUT2D eigenvalue weighted by atomic mass is 10.0. The van der Waals surface area contributed by atoms with Gasteiger partial charge in [0.25, 0.3) is 0 Å². The molecule has 0 aliphatic carbocycles. The van der Waals surface area contributed by atoms with Crippen LogP contribution in [-0.4, -0.2) is 16.6 Å². The molecule has 1 N–H and O–H groups in total. The highest BCUT2D eigenvalue weighted by molar-refractivity contribution is 8.00. The van der Waals surface area contributed by atoms with E-state index >= 15 is 0 Å². The van der Waals surface area contributed by atoms with Crippen molar-refractivity contribution < 1.29 is 4.79 Å². The first kappa shape index (κ1) is 18.7. The number of benzene rings is 2. The molecular weight excluding hydrogens is 354 g/mol. The molecule has 0 saturated carbocycles. The Morgan fingerprint density at radius 3 is 2.56 bits per heavy atom. The summed E-state index contributed by atoms with van der Waals surface area (Å²) in [6.45, 7) is 3.77. The predicted octanol–water partition coefficient (Wildman–Crippen LogP) is 4.97. The molecule has 0 atom stereocenters. The molecule has 0 spiro atoms. The fourth-order valence-electron chi connectivity index (χ4n) is 2.82. The van der Waals surface area contributed by atoms with E-state index in [1.165, 1.54) is 11.8 Å². The van der Waals surface area contributed by atoms with Gasteiger partial charge in [-0.3, -0.25) is 4.79 Å². The minimum absolute atomic E-state index is 0.131. The molecule has 4 nitrogen and oxygen atoms in total. The van der Waals surface area contributed by atoms with Crippen LogP contribution in [0.2, 0.25) is 0 Å². The topological polar surface area (TPSA) is 65.8 Å². The van der Waals surface area contributed by atoms with Gasteiger partial charge >= 0.3 is 0 Å². The molecule has 1 amide bonds. The van der Waals surface area contributed by atoms with Gasteiger partial charge in [0.2, 0.25) is 5.91 Å². The first-order chi connectivity index (χ1) is 13.1. The zero-order valence-corrected chi connectivity index (χ0v) is 16.0. The molecule has 27 heavy (non-hydrogen) atoms. The molecule has 3 rings (SSSR count). The Morgan fingerprint density at radius 2 is 1.81 bits per heavy atom. The van der Waals surface area contributed by atoms with E-state index in [-0.39, 0.29) is 11.7 Å². The van der Waals surface area contributed by atoms with Crippen LogP contribution in [0.3, 0.4) is 0 Å². The number of nitrogens with one attached hydrogen (secondary N) is 1. The van der Waals surface area contributed by atoms with E-state index in [0.29, 0.717) is 10.6 Å². The van der Waals surface area contributed by atoms with Gasteiger partial charge in [0, 0.05) is 16.9 Å². The number of aryl methyl sites for hydroxylation is 2. The lowest BCUT2D eigenvalue weighted by molar-refractivity contribution is -0.113. The number of nitrogens with zero attached hydrogens (tertiary/aromatic N) is 2. The van der Waals surface area contributed by atoms with Gasteiger partial charge in [0.15, 0.2) is 0 Å². The van der Waals surface area contributed by atoms with Gasteiger partial charge in [-0.05, 0) is 37.1 Å². The monoisotopic (exact) mass is 373 g/mol. The average Bonchev–Trinajstić information content (AvgIpc) is 2.67. The normalized spacial score (nSPS) is 10.3. The van der Waals surface area contributed by atoms with Crippen molar-refractivity contribution >= 4 is 23.4 Å². The standard InChI is InChI=1S/C22H19N3OS/c1-15-12-16(2)24-22(19(15)13-23)27-14-21(26)25-20-11-7-6-10-18(20)17-8-4-3-5-9-17/h3-12H,14H2,1-2H3,(H,25,26). The van der Waals surface area contributed by atoms with Crippen LogP contribution >= 0.6 is 11.8 Å². The van der Waals surface area contributed by atoms with Crippen molar-refractivity contribution in [3.8, 4) is 17.2 Å². The number of pyridine rings is 1. The summed E-state index contributed by atoms with van der Waals surface area (Å²) in [5, 5.41) is 12.9. The highest BCUT2D eigenvalue weighted by Gasteiger charge is 2.13. The van der Waals surface area contributed by atoms with Crippen LogP contribution < -0.4 is 5.32 Å². The maximum atomic E-state index is 12.5. The molecule has 1 heterocycles. The number of thioether (sulfide) groups is 1. The Kier molecular flexibility index (Phi) is 5.90. The second-order valence-electron chi connectivity index (χ2n) is 6.12. The van der Waals surface area contributed by atoms with Crippen molar-refractivity contribution in [1.29, 1.82) is 5.26 Å². The minimum Gasteiger partial charge on any atom is -0.325 e. The molecule has 3 aromatic rings. The van der Waals surface area contributed by atoms with E-state index < -0.39 is 0 Å². The Labute approximate surface area is 163 Å². The number of para-hydroxylation sites is 1. The largest absolute Gasteiger partial charge is 0.325 e. The molecule has 2 aromatic carbocycles. The molecule has 0 aliphatic heterocycles. The molecule has 1 aromatic heterocycles. The van der Waals surface area contributed by atoms with Gasteiger partial charge in [0.1, 0.15) is 11.1 Å². The Balaban J connectivity index is 1.74. The number of amides is 1. The summed E-state index contributed by atoms with van der Waals surface area (Å²) in [6.07, 6.45) is 0. The second-order valence-corrected chi connectivity index (χ2v) is 7.09. The van der Waals surface area contributed by atoms with E-state index in [2.05, 4.69) is 16.4 Å². The third kappa shape index (κ3) is 4.55. The van der Waals surface area contributed by atoms with Crippen LogP contribution in [-0.2, 0) is 4.79 Å². The van der Waals surface area contributed by atoms with E-state index in [1.807, 2.05) is 74.5 Å². The third-order valence-corrected chi connectivity index (χ3v) is 5.02. The van der Waals surface area contributed by atoms with Gasteiger partial charge in [-0.15, -0.1) is 0 Å².